The zero-order valence-corrected chi connectivity index (χ0v) is 31.6. The minimum absolute atomic E-state index is 0.000299. The number of amides is 4. The molecule has 53 heavy (non-hydrogen) atoms. The van der Waals surface area contributed by atoms with Crippen LogP contribution in [0.2, 0.25) is 5.02 Å². The summed E-state index contributed by atoms with van der Waals surface area (Å²) in [5.41, 5.74) is -1.11. The quantitative estimate of drug-likeness (QED) is 0.0991. The van der Waals surface area contributed by atoms with Crippen molar-refractivity contribution in [2.24, 2.45) is 0 Å². The number of nitrogens with one attached hydrogen (secondary N) is 2. The number of carbonyl (C=O) groups excluding carboxylic acids is 6. The lowest BCUT2D eigenvalue weighted by molar-refractivity contribution is -0.137. The molecular formula is C39H46ClFN4O8. The second-order valence-corrected chi connectivity index (χ2v) is 15.1. The van der Waals surface area contributed by atoms with Gasteiger partial charge in [-0.25, -0.2) is 18.5 Å². The van der Waals surface area contributed by atoms with Crippen molar-refractivity contribution < 1.29 is 42.6 Å². The second kappa shape index (κ2) is 17.2. The van der Waals surface area contributed by atoms with Crippen LogP contribution < -0.4 is 10.6 Å². The van der Waals surface area contributed by atoms with Crippen molar-refractivity contribution in [1.29, 1.82) is 0 Å². The second-order valence-electron chi connectivity index (χ2n) is 14.7. The van der Waals surface area contributed by atoms with Crippen LogP contribution in [0.5, 0.6) is 0 Å². The van der Waals surface area contributed by atoms with Gasteiger partial charge in [0.05, 0.1) is 16.5 Å². The molecule has 4 amide bonds. The van der Waals surface area contributed by atoms with Crippen LogP contribution in [0.3, 0.4) is 0 Å². The topological polar surface area (TPSA) is 153 Å². The Morgan fingerprint density at radius 2 is 1.51 bits per heavy atom. The number of unbranched alkanes of at least 4 members (excludes halogenated alkanes) is 3. The molecule has 1 aliphatic rings. The van der Waals surface area contributed by atoms with Gasteiger partial charge in [0.15, 0.2) is 0 Å². The number of carbonyl (C=O) groups is 6. The Balaban J connectivity index is 1.59. The summed E-state index contributed by atoms with van der Waals surface area (Å²) in [6, 6.07) is 10.6. The molecule has 0 spiro atoms. The fraction of sp³-hybridized carbons (Fsp3) is 0.436. The smallest absolute Gasteiger partial charge is 0.419 e. The number of imide groups is 1. The van der Waals surface area contributed by atoms with Crippen molar-refractivity contribution in [2.45, 2.75) is 97.2 Å². The Bertz CT molecular complexity index is 1910. The van der Waals surface area contributed by atoms with E-state index >= 15 is 0 Å². The van der Waals surface area contributed by atoms with E-state index < -0.39 is 52.7 Å². The molecule has 12 nitrogen and oxygen atoms in total. The zero-order valence-electron chi connectivity index (χ0n) is 30.8. The van der Waals surface area contributed by atoms with Crippen LogP contribution in [0, 0.1) is 5.82 Å². The van der Waals surface area contributed by atoms with E-state index in [1.54, 1.807) is 65.8 Å². The van der Waals surface area contributed by atoms with E-state index in [2.05, 4.69) is 10.6 Å². The van der Waals surface area contributed by atoms with E-state index in [0.29, 0.717) is 43.1 Å². The summed E-state index contributed by atoms with van der Waals surface area (Å²) in [5, 5.41) is 5.90. The van der Waals surface area contributed by atoms with Gasteiger partial charge in [0.25, 0.3) is 11.8 Å². The average Bonchev–Trinajstić information content (AvgIpc) is 3.57. The Labute approximate surface area is 313 Å². The molecule has 2 aromatic carbocycles. The molecule has 4 rings (SSSR count). The molecule has 14 heteroatoms. The Hall–Kier alpha value is -5.04. The number of hydrogen-bond acceptors (Lipinski definition) is 8. The summed E-state index contributed by atoms with van der Waals surface area (Å²) in [7, 11) is 0. The van der Waals surface area contributed by atoms with E-state index in [0.717, 1.165) is 15.5 Å². The average molecular weight is 753 g/mol. The summed E-state index contributed by atoms with van der Waals surface area (Å²) in [6.45, 7) is 10.6. The number of ether oxygens (including phenoxy) is 2. The summed E-state index contributed by atoms with van der Waals surface area (Å²) < 4.78 is 26.7. The SMILES string of the molecule is CC(C)(C)OC(=O)c1c(C(CCCCCCNC(=O)CCN2C(=O)C=CC2=O)C(=O)Nc2ccc(F)c(Cl)c2)c2ccccc2n1C(=O)OC(C)(C)C. The molecule has 1 aliphatic heterocycles. The molecule has 2 heterocycles. The maximum absolute atomic E-state index is 14.2. The van der Waals surface area contributed by atoms with Gasteiger partial charge in [0.1, 0.15) is 22.7 Å². The van der Waals surface area contributed by atoms with Crippen molar-refractivity contribution in [1.82, 2.24) is 14.8 Å². The molecule has 2 N–H and O–H groups in total. The third-order valence-corrected chi connectivity index (χ3v) is 8.43. The summed E-state index contributed by atoms with van der Waals surface area (Å²) in [5.74, 6) is -4.14. The highest BCUT2D eigenvalue weighted by atomic mass is 35.5. The minimum Gasteiger partial charge on any atom is -0.455 e. The van der Waals surface area contributed by atoms with Gasteiger partial charge < -0.3 is 20.1 Å². The van der Waals surface area contributed by atoms with Crippen LogP contribution in [0.1, 0.15) is 102 Å². The van der Waals surface area contributed by atoms with E-state index in [4.69, 9.17) is 21.1 Å². The van der Waals surface area contributed by atoms with Gasteiger partial charge in [0, 0.05) is 48.3 Å². The number of anilines is 1. The van der Waals surface area contributed by atoms with Gasteiger partial charge in [-0.05, 0) is 78.6 Å². The van der Waals surface area contributed by atoms with Crippen molar-refractivity contribution in [3.8, 4) is 0 Å². The molecule has 1 unspecified atom stereocenters. The molecular weight excluding hydrogens is 707 g/mol. The molecule has 1 atom stereocenters. The first-order valence-corrected chi connectivity index (χ1v) is 17.9. The number of nitrogens with zero attached hydrogens (tertiary/aromatic N) is 2. The monoisotopic (exact) mass is 752 g/mol. The van der Waals surface area contributed by atoms with Gasteiger partial charge >= 0.3 is 12.1 Å². The van der Waals surface area contributed by atoms with Crippen LogP contribution in [0.15, 0.2) is 54.6 Å². The van der Waals surface area contributed by atoms with Gasteiger partial charge in [-0.1, -0.05) is 49.1 Å². The zero-order chi connectivity index (χ0) is 39.1. The lowest BCUT2D eigenvalue weighted by Gasteiger charge is -2.24. The van der Waals surface area contributed by atoms with E-state index in [1.807, 2.05) is 0 Å². The van der Waals surface area contributed by atoms with Gasteiger partial charge in [-0.3, -0.25) is 24.1 Å². The Kier molecular flexibility index (Phi) is 13.2. The summed E-state index contributed by atoms with van der Waals surface area (Å²) in [6.07, 6.45) is 4.24. The first-order chi connectivity index (χ1) is 24.9. The highest BCUT2D eigenvalue weighted by Gasteiger charge is 2.37. The molecule has 0 fully saturated rings. The van der Waals surface area contributed by atoms with Crippen LogP contribution >= 0.6 is 11.6 Å². The lowest BCUT2D eigenvalue weighted by Crippen LogP contribution is -2.34. The van der Waals surface area contributed by atoms with Crippen LogP contribution in [-0.2, 0) is 28.7 Å². The van der Waals surface area contributed by atoms with Crippen molar-refractivity contribution in [3.05, 3.63) is 76.7 Å². The highest BCUT2D eigenvalue weighted by Crippen LogP contribution is 2.38. The number of hydrogen-bond donors (Lipinski definition) is 2. The number of rotatable bonds is 14. The number of fused-ring (bicyclic) bond motifs is 1. The normalized spacial score (nSPS) is 13.7. The van der Waals surface area contributed by atoms with E-state index in [1.165, 1.54) is 24.3 Å². The van der Waals surface area contributed by atoms with Crippen LogP contribution in [-0.4, -0.2) is 69.4 Å². The largest absolute Gasteiger partial charge is 0.455 e. The summed E-state index contributed by atoms with van der Waals surface area (Å²) in [4.78, 5) is 78.8. The molecule has 0 radical (unpaired) electrons. The fourth-order valence-electron chi connectivity index (χ4n) is 5.86. The Morgan fingerprint density at radius 1 is 0.868 bits per heavy atom. The van der Waals surface area contributed by atoms with E-state index in [-0.39, 0.29) is 47.3 Å². The number of para-hydroxylation sites is 1. The lowest BCUT2D eigenvalue weighted by atomic mass is 9.89. The molecule has 0 saturated heterocycles. The third kappa shape index (κ3) is 11.0. The van der Waals surface area contributed by atoms with Crippen molar-refractivity contribution in [2.75, 3.05) is 18.4 Å². The first kappa shape index (κ1) is 40.7. The molecule has 0 aliphatic carbocycles. The number of aromatic nitrogens is 1. The summed E-state index contributed by atoms with van der Waals surface area (Å²) >= 11 is 6.01. The first-order valence-electron chi connectivity index (χ1n) is 17.5. The number of halogens is 2. The molecule has 1 aromatic heterocycles. The van der Waals surface area contributed by atoms with Gasteiger partial charge in [-0.15, -0.1) is 0 Å². The van der Waals surface area contributed by atoms with Crippen molar-refractivity contribution in [3.63, 3.8) is 0 Å². The van der Waals surface area contributed by atoms with Crippen molar-refractivity contribution >= 4 is 63.9 Å². The van der Waals surface area contributed by atoms with Gasteiger partial charge in [0.2, 0.25) is 11.8 Å². The maximum Gasteiger partial charge on any atom is 0.419 e. The van der Waals surface area contributed by atoms with Crippen LogP contribution in [0.4, 0.5) is 14.9 Å². The molecule has 3 aromatic rings. The maximum atomic E-state index is 14.2. The van der Waals surface area contributed by atoms with E-state index in [9.17, 15) is 33.2 Å². The number of esters is 1. The third-order valence-electron chi connectivity index (χ3n) is 8.14. The Morgan fingerprint density at radius 3 is 2.15 bits per heavy atom. The highest BCUT2D eigenvalue weighted by molar-refractivity contribution is 6.31. The molecule has 0 bridgehead atoms. The predicted octanol–water partition coefficient (Wildman–Crippen LogP) is 7.28. The van der Waals surface area contributed by atoms with Crippen LogP contribution in [0.25, 0.3) is 10.9 Å². The van der Waals surface area contributed by atoms with Gasteiger partial charge in [-0.2, -0.15) is 0 Å². The fourth-order valence-corrected chi connectivity index (χ4v) is 6.04. The molecule has 284 valence electrons. The number of benzene rings is 2. The standard InChI is InChI=1S/C39H46ClFN4O8/c1-38(2,3)52-36(50)34-33(25-13-10-11-15-29(25)45(34)37(51)53-39(4,5)6)26(35(49)43-24-16-17-28(41)27(40)23-24)14-9-7-8-12-21-42-30(46)20-22-44-31(47)18-19-32(44)48/h10-11,13,15-19,23,26H,7-9,12,14,20-22H2,1-6H3,(H,42,46)(H,43,49). The molecule has 0 saturated carbocycles. The minimum atomic E-state index is -0.986. The predicted molar refractivity (Wildman–Crippen MR) is 198 cm³/mol.